The molecule has 1 N–H and O–H groups in total. The molecule has 1 aromatic heterocycles. The van der Waals surface area contributed by atoms with Gasteiger partial charge in [0.25, 0.3) is 11.8 Å². The molecule has 2 aromatic rings. The first kappa shape index (κ1) is 19.5. The number of carbonyl (C=O) groups is 2. The average Bonchev–Trinajstić information content (AvgIpc) is 3.14. The summed E-state index contributed by atoms with van der Waals surface area (Å²) in [7, 11) is 3.96. The van der Waals surface area contributed by atoms with Crippen molar-refractivity contribution in [2.75, 3.05) is 37.4 Å². The molecule has 2 aliphatic rings. The Balaban J connectivity index is 1.58. The monoisotopic (exact) mass is 395 g/mol. The van der Waals surface area contributed by atoms with Crippen LogP contribution >= 0.6 is 0 Å². The topological polar surface area (TPSA) is 70.5 Å². The average molecular weight is 396 g/mol. The lowest BCUT2D eigenvalue weighted by atomic mass is 10.1. The van der Waals surface area contributed by atoms with Crippen molar-refractivity contribution in [2.24, 2.45) is 0 Å². The van der Waals surface area contributed by atoms with Gasteiger partial charge in [-0.1, -0.05) is 0 Å². The Bertz CT molecular complexity index is 895. The van der Waals surface area contributed by atoms with E-state index in [0.29, 0.717) is 11.5 Å². The van der Waals surface area contributed by atoms with Crippen LogP contribution in [0.25, 0.3) is 0 Å². The summed E-state index contributed by atoms with van der Waals surface area (Å²) in [6, 6.07) is 7.69. The van der Waals surface area contributed by atoms with Crippen molar-refractivity contribution in [1.82, 2.24) is 14.5 Å². The molecule has 0 aliphatic carbocycles. The van der Waals surface area contributed by atoms with Gasteiger partial charge >= 0.3 is 0 Å². The molecule has 3 heterocycles. The number of fused-ring (bicyclic) bond motifs is 1. The summed E-state index contributed by atoms with van der Waals surface area (Å²) >= 11 is 0. The number of anilines is 2. The zero-order chi connectivity index (χ0) is 20.4. The van der Waals surface area contributed by atoms with Gasteiger partial charge in [-0.3, -0.25) is 9.59 Å². The molecule has 0 saturated carbocycles. The number of carbonyl (C=O) groups excluding carboxylic acids is 2. The number of nitrogens with zero attached hydrogens (tertiary/aromatic N) is 4. The smallest absolute Gasteiger partial charge is 0.289 e. The Morgan fingerprint density at radius 2 is 1.66 bits per heavy atom. The Labute approximate surface area is 171 Å². The van der Waals surface area contributed by atoms with E-state index in [1.165, 1.54) is 6.42 Å². The molecule has 0 unspecified atom stereocenters. The van der Waals surface area contributed by atoms with Crippen LogP contribution in [0.3, 0.4) is 0 Å². The third-order valence-electron chi connectivity index (χ3n) is 5.81. The van der Waals surface area contributed by atoms with E-state index in [4.69, 9.17) is 0 Å². The van der Waals surface area contributed by atoms with Gasteiger partial charge in [0.1, 0.15) is 0 Å². The number of imidazole rings is 1. The molecule has 4 rings (SSSR count). The lowest BCUT2D eigenvalue weighted by molar-refractivity contribution is 0.0705. The fourth-order valence-corrected chi connectivity index (χ4v) is 4.16. The summed E-state index contributed by atoms with van der Waals surface area (Å²) in [5.41, 5.74) is 3.07. The molecule has 2 aliphatic heterocycles. The quantitative estimate of drug-likeness (QED) is 0.863. The molecular weight excluding hydrogens is 366 g/mol. The van der Waals surface area contributed by atoms with Crippen LogP contribution in [0.2, 0.25) is 0 Å². The van der Waals surface area contributed by atoms with Crippen molar-refractivity contribution in [2.45, 2.75) is 45.1 Å². The van der Waals surface area contributed by atoms with Gasteiger partial charge < -0.3 is 19.7 Å². The van der Waals surface area contributed by atoms with Crippen molar-refractivity contribution in [3.05, 3.63) is 41.5 Å². The molecule has 7 heteroatoms. The minimum absolute atomic E-state index is 0.0396. The molecule has 154 valence electrons. The van der Waals surface area contributed by atoms with E-state index in [1.54, 1.807) is 0 Å². The molecule has 0 atom stereocenters. The van der Waals surface area contributed by atoms with Crippen LogP contribution in [0, 0.1) is 0 Å². The summed E-state index contributed by atoms with van der Waals surface area (Å²) in [6.07, 6.45) is 6.05. The number of likely N-dealkylation sites (tertiary alicyclic amines) is 1. The molecule has 29 heavy (non-hydrogen) atoms. The largest absolute Gasteiger partial charge is 0.378 e. The third-order valence-corrected chi connectivity index (χ3v) is 5.81. The van der Waals surface area contributed by atoms with Crippen LogP contribution in [0.15, 0.2) is 24.3 Å². The molecule has 2 amide bonds. The van der Waals surface area contributed by atoms with Gasteiger partial charge in [0.15, 0.2) is 11.5 Å². The van der Waals surface area contributed by atoms with Gasteiger partial charge in [0, 0.05) is 45.1 Å². The number of hydrogen-bond acceptors (Lipinski definition) is 4. The van der Waals surface area contributed by atoms with Crippen molar-refractivity contribution in [3.8, 4) is 0 Å². The molecular formula is C22H29N5O2. The fourth-order valence-electron chi connectivity index (χ4n) is 4.16. The Morgan fingerprint density at radius 1 is 0.966 bits per heavy atom. The highest BCUT2D eigenvalue weighted by Crippen LogP contribution is 2.24. The predicted molar refractivity (Wildman–Crippen MR) is 114 cm³/mol. The predicted octanol–water partition coefficient (Wildman–Crippen LogP) is 3.16. The summed E-state index contributed by atoms with van der Waals surface area (Å²) in [4.78, 5) is 34.5. The third kappa shape index (κ3) is 3.99. The van der Waals surface area contributed by atoms with Crippen molar-refractivity contribution in [3.63, 3.8) is 0 Å². The first-order valence-electron chi connectivity index (χ1n) is 10.5. The van der Waals surface area contributed by atoms with E-state index in [-0.39, 0.29) is 11.8 Å². The van der Waals surface area contributed by atoms with Crippen LogP contribution in [0.5, 0.6) is 0 Å². The van der Waals surface area contributed by atoms with E-state index in [0.717, 1.165) is 68.8 Å². The molecule has 1 aromatic carbocycles. The minimum atomic E-state index is -0.244. The van der Waals surface area contributed by atoms with Gasteiger partial charge in [-0.25, -0.2) is 4.98 Å². The number of nitrogens with one attached hydrogen (secondary N) is 1. The SMILES string of the molecule is CN(C)c1ccc(NC(=O)c2nc(C(=O)N3CCCCC3)n3c2CCCC3)cc1. The molecule has 7 nitrogen and oxygen atoms in total. The van der Waals surface area contributed by atoms with Crippen LogP contribution in [0.1, 0.15) is 58.9 Å². The summed E-state index contributed by atoms with van der Waals surface area (Å²) in [5, 5.41) is 2.95. The van der Waals surface area contributed by atoms with Gasteiger partial charge in [-0.15, -0.1) is 0 Å². The maximum atomic E-state index is 13.1. The number of amides is 2. The Kier molecular flexibility index (Phi) is 5.56. The maximum Gasteiger partial charge on any atom is 0.289 e. The lowest BCUT2D eigenvalue weighted by Crippen LogP contribution is -2.37. The molecule has 0 bridgehead atoms. The van der Waals surface area contributed by atoms with Crippen LogP contribution < -0.4 is 10.2 Å². The zero-order valence-corrected chi connectivity index (χ0v) is 17.3. The second kappa shape index (κ2) is 8.27. The number of hydrogen-bond donors (Lipinski definition) is 1. The molecule has 0 spiro atoms. The normalized spacial score (nSPS) is 16.3. The highest BCUT2D eigenvalue weighted by Gasteiger charge is 2.30. The zero-order valence-electron chi connectivity index (χ0n) is 17.3. The summed E-state index contributed by atoms with van der Waals surface area (Å²) in [5.74, 6) is 0.142. The van der Waals surface area contributed by atoms with Gasteiger partial charge in [-0.05, 0) is 62.8 Å². The number of benzene rings is 1. The first-order chi connectivity index (χ1) is 14.0. The second-order valence-corrected chi connectivity index (χ2v) is 8.09. The fraction of sp³-hybridized carbons (Fsp3) is 0.500. The van der Waals surface area contributed by atoms with Gasteiger partial charge in [-0.2, -0.15) is 0 Å². The number of aromatic nitrogens is 2. The van der Waals surface area contributed by atoms with E-state index < -0.39 is 0 Å². The first-order valence-corrected chi connectivity index (χ1v) is 10.5. The Hall–Kier alpha value is -2.83. The van der Waals surface area contributed by atoms with Crippen LogP contribution in [0.4, 0.5) is 11.4 Å². The number of piperidine rings is 1. The van der Waals surface area contributed by atoms with Crippen LogP contribution in [-0.4, -0.2) is 53.5 Å². The van der Waals surface area contributed by atoms with E-state index in [1.807, 2.05) is 52.7 Å². The summed E-state index contributed by atoms with van der Waals surface area (Å²) in [6.45, 7) is 2.31. The summed E-state index contributed by atoms with van der Waals surface area (Å²) < 4.78 is 1.98. The molecule has 1 fully saturated rings. The van der Waals surface area contributed by atoms with Crippen molar-refractivity contribution < 1.29 is 9.59 Å². The second-order valence-electron chi connectivity index (χ2n) is 8.09. The highest BCUT2D eigenvalue weighted by atomic mass is 16.2. The van der Waals surface area contributed by atoms with Gasteiger partial charge in [0.05, 0.1) is 5.69 Å². The lowest BCUT2D eigenvalue weighted by Gasteiger charge is -2.27. The van der Waals surface area contributed by atoms with Crippen molar-refractivity contribution in [1.29, 1.82) is 0 Å². The van der Waals surface area contributed by atoms with Crippen LogP contribution in [-0.2, 0) is 13.0 Å². The molecule has 0 radical (unpaired) electrons. The number of rotatable bonds is 4. The van der Waals surface area contributed by atoms with Gasteiger partial charge in [0.2, 0.25) is 0 Å². The van der Waals surface area contributed by atoms with E-state index >= 15 is 0 Å². The maximum absolute atomic E-state index is 13.1. The highest BCUT2D eigenvalue weighted by molar-refractivity contribution is 6.05. The van der Waals surface area contributed by atoms with E-state index in [2.05, 4.69) is 10.3 Å². The van der Waals surface area contributed by atoms with Crippen molar-refractivity contribution >= 4 is 23.2 Å². The standard InChI is InChI=1S/C22H29N5O2/c1-25(2)17-11-9-16(10-12-17)23-21(28)19-18-8-4-7-15-27(18)20(24-19)22(29)26-13-5-3-6-14-26/h9-12H,3-8,13-15H2,1-2H3,(H,23,28). The van der Waals surface area contributed by atoms with E-state index in [9.17, 15) is 9.59 Å². The minimum Gasteiger partial charge on any atom is -0.378 e. The molecule has 1 saturated heterocycles. The Morgan fingerprint density at radius 3 is 2.34 bits per heavy atom.